The molecule has 11 heteroatoms. The third kappa shape index (κ3) is 4.76. The number of hydrogen-bond donors (Lipinski definition) is 2. The van der Waals surface area contributed by atoms with Crippen LogP contribution in [0.2, 0.25) is 5.02 Å². The third-order valence-electron chi connectivity index (χ3n) is 10.2. The molecule has 2 N–H and O–H groups in total. The SMILES string of the molecule is CCN1C(=O)[C@H]2[C@H](CC=C3[C@H]2C[C@H]2C(=O)N(Nc4ccc(F)cc4)C(=O)[C@@]2(c2ccc(Cl)cc2)[C@H]3c2ccc(OCCO)cc2)C1=O. The van der Waals surface area contributed by atoms with Crippen molar-refractivity contribution in [2.75, 3.05) is 25.2 Å². The van der Waals surface area contributed by atoms with Gasteiger partial charge >= 0.3 is 0 Å². The molecular weight excluding hydrogens is 625 g/mol. The summed E-state index contributed by atoms with van der Waals surface area (Å²) in [4.78, 5) is 58.1. The zero-order valence-electron chi connectivity index (χ0n) is 25.6. The van der Waals surface area contributed by atoms with Gasteiger partial charge in [0.1, 0.15) is 18.2 Å². The molecule has 0 radical (unpaired) electrons. The van der Waals surface area contributed by atoms with Crippen molar-refractivity contribution < 1.29 is 33.4 Å². The third-order valence-corrected chi connectivity index (χ3v) is 10.5. The molecule has 0 bridgehead atoms. The molecular formula is C36H33ClFN3O6. The number of aliphatic hydroxyl groups is 1. The minimum absolute atomic E-state index is 0.108. The fraction of sp³-hybridized carbons (Fsp3) is 0.333. The van der Waals surface area contributed by atoms with Crippen LogP contribution in [0.15, 0.2) is 84.4 Å². The molecule has 2 saturated heterocycles. The normalized spacial score (nSPS) is 28.2. The highest BCUT2D eigenvalue weighted by atomic mass is 35.5. The number of nitrogens with one attached hydrogen (secondary N) is 1. The number of halogens is 2. The Balaban J connectivity index is 1.43. The predicted octanol–water partition coefficient (Wildman–Crippen LogP) is 4.86. The highest BCUT2D eigenvalue weighted by Crippen LogP contribution is 2.64. The van der Waals surface area contributed by atoms with Crippen LogP contribution in [0.3, 0.4) is 0 Å². The number of hydrogen-bond acceptors (Lipinski definition) is 7. The van der Waals surface area contributed by atoms with E-state index in [0.29, 0.717) is 28.4 Å². The van der Waals surface area contributed by atoms with E-state index in [-0.39, 0.29) is 38.0 Å². The number of amides is 4. The number of anilines is 1. The van der Waals surface area contributed by atoms with Gasteiger partial charge < -0.3 is 9.84 Å². The van der Waals surface area contributed by atoms with Gasteiger partial charge in [0.25, 0.3) is 11.8 Å². The Morgan fingerprint density at radius 3 is 2.30 bits per heavy atom. The van der Waals surface area contributed by atoms with E-state index in [1.54, 1.807) is 43.3 Å². The van der Waals surface area contributed by atoms with Crippen molar-refractivity contribution >= 4 is 40.9 Å². The Kier molecular flexibility index (Phi) is 7.88. The zero-order valence-corrected chi connectivity index (χ0v) is 26.3. The van der Waals surface area contributed by atoms with Crippen molar-refractivity contribution in [2.45, 2.75) is 31.1 Å². The number of likely N-dealkylation sites (tertiary alicyclic amines) is 1. The van der Waals surface area contributed by atoms with E-state index in [4.69, 9.17) is 16.3 Å². The molecule has 0 aromatic heterocycles. The minimum atomic E-state index is -1.45. The van der Waals surface area contributed by atoms with Crippen LogP contribution in [-0.2, 0) is 24.6 Å². The summed E-state index contributed by atoms with van der Waals surface area (Å²) in [6.45, 7) is 1.99. The van der Waals surface area contributed by atoms with Gasteiger partial charge in [-0.15, -0.1) is 0 Å². The first-order valence-corrected chi connectivity index (χ1v) is 16.1. The van der Waals surface area contributed by atoms with Gasteiger partial charge in [0.2, 0.25) is 11.8 Å². The molecule has 0 unspecified atom stereocenters. The number of fused-ring (bicyclic) bond motifs is 4. The Labute approximate surface area is 275 Å². The largest absolute Gasteiger partial charge is 0.491 e. The number of carbonyl (C=O) groups is 4. The Hall–Kier alpha value is -4.54. The summed E-state index contributed by atoms with van der Waals surface area (Å²) in [7, 11) is 0. The molecule has 3 aromatic rings. The van der Waals surface area contributed by atoms with Crippen molar-refractivity contribution in [1.82, 2.24) is 9.91 Å². The van der Waals surface area contributed by atoms with Gasteiger partial charge in [-0.2, -0.15) is 5.01 Å². The van der Waals surface area contributed by atoms with Crippen LogP contribution in [-0.4, -0.2) is 58.4 Å². The molecule has 0 spiro atoms. The predicted molar refractivity (Wildman–Crippen MR) is 170 cm³/mol. The van der Waals surface area contributed by atoms with Crippen molar-refractivity contribution in [1.29, 1.82) is 0 Å². The summed E-state index contributed by atoms with van der Waals surface area (Å²) >= 11 is 6.32. The number of hydrazine groups is 1. The zero-order chi connectivity index (χ0) is 33.0. The van der Waals surface area contributed by atoms with Crippen molar-refractivity contribution in [3.05, 3.63) is 106 Å². The molecule has 2 aliphatic carbocycles. The maximum atomic E-state index is 15.1. The molecule has 3 fully saturated rings. The summed E-state index contributed by atoms with van der Waals surface area (Å²) in [6, 6.07) is 19.5. The lowest BCUT2D eigenvalue weighted by Gasteiger charge is -2.50. The Morgan fingerprint density at radius 1 is 0.936 bits per heavy atom. The fourth-order valence-electron chi connectivity index (χ4n) is 8.33. The topological polar surface area (TPSA) is 116 Å². The molecule has 2 aliphatic heterocycles. The molecule has 3 aromatic carbocycles. The molecule has 9 nitrogen and oxygen atoms in total. The maximum Gasteiger partial charge on any atom is 0.260 e. The molecule has 47 heavy (non-hydrogen) atoms. The molecule has 2 heterocycles. The lowest BCUT2D eigenvalue weighted by Crippen LogP contribution is -2.53. The van der Waals surface area contributed by atoms with Crippen LogP contribution in [0.5, 0.6) is 5.75 Å². The summed E-state index contributed by atoms with van der Waals surface area (Å²) < 4.78 is 19.4. The van der Waals surface area contributed by atoms with Gasteiger partial charge in [-0.1, -0.05) is 47.5 Å². The summed E-state index contributed by atoms with van der Waals surface area (Å²) in [5.41, 5.74) is 4.00. The van der Waals surface area contributed by atoms with Gasteiger partial charge in [0.15, 0.2) is 0 Å². The monoisotopic (exact) mass is 657 g/mol. The van der Waals surface area contributed by atoms with Crippen LogP contribution < -0.4 is 10.2 Å². The van der Waals surface area contributed by atoms with Crippen molar-refractivity contribution in [2.24, 2.45) is 23.7 Å². The Morgan fingerprint density at radius 2 is 1.64 bits per heavy atom. The lowest BCUT2D eigenvalue weighted by atomic mass is 9.49. The van der Waals surface area contributed by atoms with Crippen molar-refractivity contribution in [3.8, 4) is 5.75 Å². The second-order valence-electron chi connectivity index (χ2n) is 12.4. The molecule has 4 amide bonds. The molecule has 1 saturated carbocycles. The lowest BCUT2D eigenvalue weighted by molar-refractivity contribution is -0.141. The highest BCUT2D eigenvalue weighted by molar-refractivity contribution is 6.30. The first-order valence-electron chi connectivity index (χ1n) is 15.8. The van der Waals surface area contributed by atoms with E-state index < -0.39 is 52.6 Å². The van der Waals surface area contributed by atoms with E-state index in [1.807, 2.05) is 18.2 Å². The number of ether oxygens (including phenoxy) is 1. The smallest absolute Gasteiger partial charge is 0.260 e. The molecule has 4 aliphatic rings. The van der Waals surface area contributed by atoms with E-state index in [2.05, 4.69) is 5.43 Å². The van der Waals surface area contributed by atoms with Gasteiger partial charge in [-0.05, 0) is 85.3 Å². The number of rotatable bonds is 8. The summed E-state index contributed by atoms with van der Waals surface area (Å²) in [6.07, 6.45) is 2.51. The van der Waals surface area contributed by atoms with Gasteiger partial charge in [0, 0.05) is 17.5 Å². The Bertz CT molecular complexity index is 1780. The highest BCUT2D eigenvalue weighted by Gasteiger charge is 2.70. The molecule has 6 atom stereocenters. The number of aliphatic hydroxyl groups excluding tert-OH is 1. The average molecular weight is 658 g/mol. The fourth-order valence-corrected chi connectivity index (χ4v) is 8.45. The van der Waals surface area contributed by atoms with E-state index in [0.717, 1.165) is 16.1 Å². The van der Waals surface area contributed by atoms with Crippen LogP contribution in [0.1, 0.15) is 36.8 Å². The van der Waals surface area contributed by atoms with Gasteiger partial charge in [0.05, 0.1) is 35.5 Å². The first-order chi connectivity index (χ1) is 22.7. The number of imide groups is 2. The van der Waals surface area contributed by atoms with Gasteiger partial charge in [-0.25, -0.2) is 4.39 Å². The minimum Gasteiger partial charge on any atom is -0.491 e. The maximum absolute atomic E-state index is 15.1. The van der Waals surface area contributed by atoms with Crippen molar-refractivity contribution in [3.63, 3.8) is 0 Å². The van der Waals surface area contributed by atoms with E-state index >= 15 is 4.79 Å². The second-order valence-corrected chi connectivity index (χ2v) is 12.9. The van der Waals surface area contributed by atoms with Crippen LogP contribution in [0.25, 0.3) is 0 Å². The molecule has 7 rings (SSSR count). The first kappa shape index (κ1) is 31.1. The molecule has 242 valence electrons. The van der Waals surface area contributed by atoms with E-state index in [9.17, 15) is 23.9 Å². The number of carbonyl (C=O) groups excluding carboxylic acids is 4. The number of allylic oxidation sites excluding steroid dienone is 2. The van der Waals surface area contributed by atoms with E-state index in [1.165, 1.54) is 29.2 Å². The van der Waals surface area contributed by atoms with Crippen LogP contribution >= 0.6 is 11.6 Å². The summed E-state index contributed by atoms with van der Waals surface area (Å²) in [5, 5.41) is 10.7. The van der Waals surface area contributed by atoms with Crippen LogP contribution in [0, 0.1) is 29.5 Å². The number of nitrogens with zero attached hydrogens (tertiary/aromatic N) is 2. The quantitative estimate of drug-likeness (QED) is 0.263. The standard InChI is InChI=1S/C36H33ClFN3O6/c1-2-40-32(43)27-16-15-26-28(30(27)34(40)45)19-29-33(44)41(39-24-11-9-23(38)10-12-24)35(46)36(29,21-5-7-22(37)8-6-21)31(26)20-3-13-25(14-4-20)47-18-17-42/h3-15,27-31,39,42H,2,16-19H2,1H3/t27-,28+,29-,30-,31-,36+/m0/s1. The van der Waals surface area contributed by atoms with Crippen LogP contribution in [0.4, 0.5) is 10.1 Å². The average Bonchev–Trinajstić information content (AvgIpc) is 3.45. The number of benzene rings is 3. The second kappa shape index (κ2) is 11.9. The summed E-state index contributed by atoms with van der Waals surface area (Å²) in [5.74, 6) is -4.63. The van der Waals surface area contributed by atoms with Gasteiger partial charge in [-0.3, -0.25) is 29.5 Å².